The van der Waals surface area contributed by atoms with Gasteiger partial charge in [-0.2, -0.15) is 0 Å². The van der Waals surface area contributed by atoms with Gasteiger partial charge in [0, 0.05) is 19.6 Å². The summed E-state index contributed by atoms with van der Waals surface area (Å²) in [6.45, 7) is 4.73. The maximum Gasteiger partial charge on any atom is 0.306 e. The monoisotopic (exact) mass is 266 g/mol. The fourth-order valence-electron chi connectivity index (χ4n) is 1.49. The Kier molecular flexibility index (Phi) is 8.68. The molecule has 4 nitrogen and oxygen atoms in total. The van der Waals surface area contributed by atoms with Crippen molar-refractivity contribution in [1.82, 2.24) is 0 Å². The summed E-state index contributed by atoms with van der Waals surface area (Å²) < 4.78 is 15.6. The molecule has 0 aliphatic heterocycles. The van der Waals surface area contributed by atoms with Crippen LogP contribution in [0.4, 0.5) is 0 Å². The highest BCUT2D eigenvalue weighted by Crippen LogP contribution is 2.02. The van der Waals surface area contributed by atoms with Crippen molar-refractivity contribution in [2.75, 3.05) is 26.4 Å². The zero-order valence-electron chi connectivity index (χ0n) is 11.5. The van der Waals surface area contributed by atoms with Crippen LogP contribution in [0.3, 0.4) is 0 Å². The number of rotatable bonds is 10. The van der Waals surface area contributed by atoms with E-state index in [4.69, 9.17) is 14.2 Å². The van der Waals surface area contributed by atoms with Crippen LogP contribution in [0.1, 0.15) is 25.3 Å². The molecular formula is C15H22O4. The van der Waals surface area contributed by atoms with Crippen LogP contribution in [0.15, 0.2) is 30.3 Å². The first kappa shape index (κ1) is 15.7. The molecule has 0 radical (unpaired) electrons. The van der Waals surface area contributed by atoms with Crippen LogP contribution in [0.2, 0.25) is 0 Å². The lowest BCUT2D eigenvalue weighted by molar-refractivity contribution is -0.145. The summed E-state index contributed by atoms with van der Waals surface area (Å²) in [7, 11) is 0. The standard InChI is InChI=1S/C15H22O4/c1-2-17-11-12-18-10-6-9-15(16)19-13-14-7-4-3-5-8-14/h3-5,7-8H,2,6,9-13H2,1H3. The van der Waals surface area contributed by atoms with Crippen molar-refractivity contribution in [3.8, 4) is 0 Å². The summed E-state index contributed by atoms with van der Waals surface area (Å²) in [6.07, 6.45) is 1.07. The molecule has 1 aromatic rings. The van der Waals surface area contributed by atoms with Gasteiger partial charge in [-0.3, -0.25) is 4.79 Å². The van der Waals surface area contributed by atoms with Crippen LogP contribution in [-0.4, -0.2) is 32.4 Å². The zero-order valence-corrected chi connectivity index (χ0v) is 11.5. The van der Waals surface area contributed by atoms with Gasteiger partial charge in [-0.1, -0.05) is 30.3 Å². The van der Waals surface area contributed by atoms with E-state index >= 15 is 0 Å². The van der Waals surface area contributed by atoms with Gasteiger partial charge in [-0.25, -0.2) is 0 Å². The number of hydrogen-bond donors (Lipinski definition) is 0. The van der Waals surface area contributed by atoms with Crippen LogP contribution >= 0.6 is 0 Å². The van der Waals surface area contributed by atoms with Crippen molar-refractivity contribution in [3.63, 3.8) is 0 Å². The minimum Gasteiger partial charge on any atom is -0.461 e. The predicted octanol–water partition coefficient (Wildman–Crippen LogP) is 2.56. The highest BCUT2D eigenvalue weighted by molar-refractivity contribution is 5.69. The maximum absolute atomic E-state index is 11.4. The molecule has 0 heterocycles. The highest BCUT2D eigenvalue weighted by atomic mass is 16.5. The first-order valence-corrected chi connectivity index (χ1v) is 6.68. The van der Waals surface area contributed by atoms with Gasteiger partial charge in [0.25, 0.3) is 0 Å². The van der Waals surface area contributed by atoms with E-state index in [0.717, 1.165) is 5.56 Å². The number of ether oxygens (including phenoxy) is 3. The molecule has 0 unspecified atom stereocenters. The Bertz CT molecular complexity index is 337. The van der Waals surface area contributed by atoms with Crippen LogP contribution in [0.25, 0.3) is 0 Å². The molecule has 0 spiro atoms. The molecule has 0 saturated heterocycles. The Morgan fingerprint density at radius 2 is 1.79 bits per heavy atom. The van der Waals surface area contributed by atoms with E-state index in [2.05, 4.69) is 0 Å². The van der Waals surface area contributed by atoms with Crippen LogP contribution in [-0.2, 0) is 25.6 Å². The Morgan fingerprint density at radius 1 is 1.05 bits per heavy atom. The second kappa shape index (κ2) is 10.5. The van der Waals surface area contributed by atoms with E-state index in [1.807, 2.05) is 37.3 Å². The van der Waals surface area contributed by atoms with Crippen LogP contribution < -0.4 is 0 Å². The van der Waals surface area contributed by atoms with Crippen molar-refractivity contribution >= 4 is 5.97 Å². The summed E-state index contributed by atoms with van der Waals surface area (Å²) in [5.41, 5.74) is 1.00. The first-order valence-electron chi connectivity index (χ1n) is 6.68. The largest absolute Gasteiger partial charge is 0.461 e. The molecule has 19 heavy (non-hydrogen) atoms. The fraction of sp³-hybridized carbons (Fsp3) is 0.533. The SMILES string of the molecule is CCOCCOCCCC(=O)OCc1ccccc1. The summed E-state index contributed by atoms with van der Waals surface area (Å²) in [5, 5.41) is 0. The molecule has 4 heteroatoms. The van der Waals surface area contributed by atoms with E-state index in [9.17, 15) is 4.79 Å². The highest BCUT2D eigenvalue weighted by Gasteiger charge is 2.03. The molecule has 0 saturated carbocycles. The number of carbonyl (C=O) groups excluding carboxylic acids is 1. The molecule has 1 rings (SSSR count). The summed E-state index contributed by atoms with van der Waals surface area (Å²) in [4.78, 5) is 11.4. The minimum atomic E-state index is -0.183. The summed E-state index contributed by atoms with van der Waals surface area (Å²) in [6, 6.07) is 9.66. The van der Waals surface area contributed by atoms with E-state index in [1.165, 1.54) is 0 Å². The molecule has 0 aliphatic rings. The number of hydrogen-bond acceptors (Lipinski definition) is 4. The molecule has 0 aromatic heterocycles. The lowest BCUT2D eigenvalue weighted by Crippen LogP contribution is -2.08. The van der Waals surface area contributed by atoms with Crippen molar-refractivity contribution in [2.45, 2.75) is 26.4 Å². The minimum absolute atomic E-state index is 0.183. The summed E-state index contributed by atoms with van der Waals surface area (Å²) >= 11 is 0. The Balaban J connectivity index is 1.96. The third-order valence-electron chi connectivity index (χ3n) is 2.49. The predicted molar refractivity (Wildman–Crippen MR) is 72.8 cm³/mol. The molecule has 0 atom stereocenters. The van der Waals surface area contributed by atoms with Gasteiger partial charge in [-0.15, -0.1) is 0 Å². The Hall–Kier alpha value is -1.39. The lowest BCUT2D eigenvalue weighted by Gasteiger charge is -2.06. The number of esters is 1. The van der Waals surface area contributed by atoms with E-state index in [0.29, 0.717) is 45.9 Å². The van der Waals surface area contributed by atoms with Crippen molar-refractivity contribution in [3.05, 3.63) is 35.9 Å². The smallest absolute Gasteiger partial charge is 0.306 e. The quantitative estimate of drug-likeness (QED) is 0.482. The van der Waals surface area contributed by atoms with E-state index in [1.54, 1.807) is 0 Å². The Labute approximate surface area is 114 Å². The normalized spacial score (nSPS) is 10.4. The van der Waals surface area contributed by atoms with Gasteiger partial charge in [0.15, 0.2) is 0 Å². The first-order chi connectivity index (χ1) is 9.33. The third kappa shape index (κ3) is 8.35. The van der Waals surface area contributed by atoms with Crippen molar-refractivity contribution in [1.29, 1.82) is 0 Å². The topological polar surface area (TPSA) is 44.8 Å². The molecule has 0 amide bonds. The molecular weight excluding hydrogens is 244 g/mol. The van der Waals surface area contributed by atoms with Gasteiger partial charge in [0.05, 0.1) is 13.2 Å². The van der Waals surface area contributed by atoms with E-state index in [-0.39, 0.29) is 5.97 Å². The summed E-state index contributed by atoms with van der Waals surface area (Å²) in [5.74, 6) is -0.183. The van der Waals surface area contributed by atoms with Gasteiger partial charge in [0.2, 0.25) is 0 Å². The Morgan fingerprint density at radius 3 is 2.53 bits per heavy atom. The third-order valence-corrected chi connectivity index (χ3v) is 2.49. The van der Waals surface area contributed by atoms with Crippen LogP contribution in [0, 0.1) is 0 Å². The van der Waals surface area contributed by atoms with Crippen molar-refractivity contribution in [2.24, 2.45) is 0 Å². The second-order valence-electron chi connectivity index (χ2n) is 4.06. The number of carbonyl (C=O) groups is 1. The molecule has 0 fully saturated rings. The fourth-order valence-corrected chi connectivity index (χ4v) is 1.49. The van der Waals surface area contributed by atoms with Crippen molar-refractivity contribution < 1.29 is 19.0 Å². The number of benzene rings is 1. The second-order valence-corrected chi connectivity index (χ2v) is 4.06. The van der Waals surface area contributed by atoms with Gasteiger partial charge >= 0.3 is 5.97 Å². The lowest BCUT2D eigenvalue weighted by atomic mass is 10.2. The molecule has 0 aliphatic carbocycles. The zero-order chi connectivity index (χ0) is 13.8. The molecule has 106 valence electrons. The van der Waals surface area contributed by atoms with Gasteiger partial charge in [-0.05, 0) is 18.9 Å². The van der Waals surface area contributed by atoms with E-state index < -0.39 is 0 Å². The average molecular weight is 266 g/mol. The maximum atomic E-state index is 11.4. The van der Waals surface area contributed by atoms with Gasteiger partial charge in [0.1, 0.15) is 6.61 Å². The van der Waals surface area contributed by atoms with Gasteiger partial charge < -0.3 is 14.2 Å². The van der Waals surface area contributed by atoms with Crippen LogP contribution in [0.5, 0.6) is 0 Å². The molecule has 1 aromatic carbocycles. The molecule has 0 bridgehead atoms. The molecule has 0 N–H and O–H groups in total. The average Bonchev–Trinajstić information content (AvgIpc) is 2.45.